The van der Waals surface area contributed by atoms with Crippen LogP contribution in [0.25, 0.3) is 5.52 Å². The fraction of sp³-hybridized carbons (Fsp3) is 0.462. The molecule has 0 radical (unpaired) electrons. The summed E-state index contributed by atoms with van der Waals surface area (Å²) in [7, 11) is 0. The molecule has 16 heavy (non-hydrogen) atoms. The lowest BCUT2D eigenvalue weighted by molar-refractivity contribution is 0.399. The second-order valence-corrected chi connectivity index (χ2v) is 5.09. The fourth-order valence-corrected chi connectivity index (χ4v) is 2.43. The maximum Gasteiger partial charge on any atom is 0.133 e. The molecule has 2 N–H and O–H groups in total. The van der Waals surface area contributed by atoms with Crippen LogP contribution < -0.4 is 5.73 Å². The third kappa shape index (κ3) is 1.28. The molecule has 0 spiro atoms. The Bertz CT molecular complexity index is 535. The Morgan fingerprint density at radius 3 is 2.94 bits per heavy atom. The van der Waals surface area contributed by atoms with Crippen LogP contribution in [-0.4, -0.2) is 9.38 Å². The number of pyridine rings is 1. The lowest BCUT2D eigenvalue weighted by Crippen LogP contribution is -2.37. The highest BCUT2D eigenvalue weighted by molar-refractivity contribution is 5.53. The van der Waals surface area contributed by atoms with Gasteiger partial charge in [0.05, 0.1) is 17.3 Å². The highest BCUT2D eigenvalue weighted by Crippen LogP contribution is 2.43. The molecule has 84 valence electrons. The molecule has 2 aromatic heterocycles. The Labute approximate surface area is 95.3 Å². The van der Waals surface area contributed by atoms with Crippen molar-refractivity contribution in [2.45, 2.75) is 32.2 Å². The number of imidazole rings is 1. The summed E-state index contributed by atoms with van der Waals surface area (Å²) < 4.78 is 2.13. The normalized spacial score (nSPS) is 19.9. The van der Waals surface area contributed by atoms with Crippen LogP contribution in [0.4, 0.5) is 0 Å². The molecular formula is C13H17N3. The third-order valence-electron chi connectivity index (χ3n) is 3.69. The molecule has 3 heteroatoms. The van der Waals surface area contributed by atoms with Crippen LogP contribution in [0, 0.1) is 12.8 Å². The Morgan fingerprint density at radius 2 is 2.25 bits per heavy atom. The van der Waals surface area contributed by atoms with Crippen molar-refractivity contribution in [3.05, 3.63) is 35.9 Å². The van der Waals surface area contributed by atoms with E-state index >= 15 is 0 Å². The average Bonchev–Trinajstić information content (AvgIpc) is 2.99. The molecule has 1 aliphatic carbocycles. The van der Waals surface area contributed by atoms with Crippen molar-refractivity contribution in [2.24, 2.45) is 11.7 Å². The van der Waals surface area contributed by atoms with Crippen LogP contribution in [0.2, 0.25) is 0 Å². The lowest BCUT2D eigenvalue weighted by atomic mass is 9.96. The largest absolute Gasteiger partial charge is 0.319 e. The van der Waals surface area contributed by atoms with Gasteiger partial charge in [-0.05, 0) is 44.2 Å². The van der Waals surface area contributed by atoms with Crippen LogP contribution in [0.15, 0.2) is 24.5 Å². The standard InChI is InChI=1S/C13H17N3/c1-9-4-3-7-16-11(9)8-15-12(16)13(2,14)10-5-6-10/h3-4,7-8,10H,5-6,14H2,1-2H3. The maximum atomic E-state index is 6.42. The summed E-state index contributed by atoms with van der Waals surface area (Å²) in [5.74, 6) is 1.59. The first kappa shape index (κ1) is 9.85. The van der Waals surface area contributed by atoms with Gasteiger partial charge in [-0.1, -0.05) is 6.07 Å². The maximum absolute atomic E-state index is 6.42. The quantitative estimate of drug-likeness (QED) is 0.834. The van der Waals surface area contributed by atoms with Crippen molar-refractivity contribution in [3.63, 3.8) is 0 Å². The molecule has 0 saturated heterocycles. The molecule has 1 unspecified atom stereocenters. The van der Waals surface area contributed by atoms with Gasteiger partial charge in [-0.25, -0.2) is 4.98 Å². The first-order valence-electron chi connectivity index (χ1n) is 5.83. The molecule has 0 bridgehead atoms. The van der Waals surface area contributed by atoms with Gasteiger partial charge in [-0.15, -0.1) is 0 Å². The van der Waals surface area contributed by atoms with Gasteiger partial charge < -0.3 is 10.1 Å². The van der Waals surface area contributed by atoms with Crippen molar-refractivity contribution in [1.29, 1.82) is 0 Å². The first-order chi connectivity index (χ1) is 7.60. The lowest BCUT2D eigenvalue weighted by Gasteiger charge is -2.23. The van der Waals surface area contributed by atoms with Crippen molar-refractivity contribution in [1.82, 2.24) is 9.38 Å². The number of aromatic nitrogens is 2. The summed E-state index contributed by atoms with van der Waals surface area (Å²) in [5.41, 5.74) is 8.53. The SMILES string of the molecule is Cc1cccn2c(C(C)(N)C3CC3)ncc12. The predicted molar refractivity (Wildman–Crippen MR) is 64.2 cm³/mol. The highest BCUT2D eigenvalue weighted by atomic mass is 15.1. The topological polar surface area (TPSA) is 43.3 Å². The Hall–Kier alpha value is -1.35. The van der Waals surface area contributed by atoms with E-state index in [1.165, 1.54) is 18.4 Å². The molecule has 1 saturated carbocycles. The second kappa shape index (κ2) is 3.08. The highest BCUT2D eigenvalue weighted by Gasteiger charge is 2.42. The zero-order valence-corrected chi connectivity index (χ0v) is 9.77. The van der Waals surface area contributed by atoms with Gasteiger partial charge in [-0.3, -0.25) is 0 Å². The molecule has 1 atom stereocenters. The molecular weight excluding hydrogens is 198 g/mol. The van der Waals surface area contributed by atoms with Gasteiger partial charge in [0.15, 0.2) is 0 Å². The molecule has 3 nitrogen and oxygen atoms in total. The van der Waals surface area contributed by atoms with E-state index in [1.54, 1.807) is 0 Å². The summed E-state index contributed by atoms with van der Waals surface area (Å²) in [4.78, 5) is 4.53. The van der Waals surface area contributed by atoms with Crippen LogP contribution in [0.1, 0.15) is 31.2 Å². The Morgan fingerprint density at radius 1 is 1.50 bits per heavy atom. The van der Waals surface area contributed by atoms with Gasteiger partial charge in [0.1, 0.15) is 5.82 Å². The summed E-state index contributed by atoms with van der Waals surface area (Å²) >= 11 is 0. The molecule has 0 aliphatic heterocycles. The zero-order valence-electron chi connectivity index (χ0n) is 9.77. The first-order valence-corrected chi connectivity index (χ1v) is 5.83. The van der Waals surface area contributed by atoms with E-state index in [0.717, 1.165) is 11.3 Å². The number of nitrogens with two attached hydrogens (primary N) is 1. The minimum Gasteiger partial charge on any atom is -0.319 e. The number of nitrogens with zero attached hydrogens (tertiary/aromatic N) is 2. The molecule has 0 amide bonds. The van der Waals surface area contributed by atoms with Crippen molar-refractivity contribution in [2.75, 3.05) is 0 Å². The smallest absolute Gasteiger partial charge is 0.133 e. The minimum atomic E-state index is -0.291. The number of rotatable bonds is 2. The minimum absolute atomic E-state index is 0.291. The predicted octanol–water partition coefficient (Wildman–Crippen LogP) is 2.23. The van der Waals surface area contributed by atoms with Gasteiger partial charge >= 0.3 is 0 Å². The number of hydrogen-bond acceptors (Lipinski definition) is 2. The summed E-state index contributed by atoms with van der Waals surface area (Å²) in [6.45, 7) is 4.20. The van der Waals surface area contributed by atoms with Gasteiger partial charge in [-0.2, -0.15) is 0 Å². The van der Waals surface area contributed by atoms with E-state index < -0.39 is 0 Å². The summed E-state index contributed by atoms with van der Waals surface area (Å²) in [6.07, 6.45) is 6.44. The Kier molecular flexibility index (Phi) is 1.89. The monoisotopic (exact) mass is 215 g/mol. The summed E-state index contributed by atoms with van der Waals surface area (Å²) in [6, 6.07) is 4.16. The van der Waals surface area contributed by atoms with Crippen molar-refractivity contribution < 1.29 is 0 Å². The third-order valence-corrected chi connectivity index (χ3v) is 3.69. The van der Waals surface area contributed by atoms with E-state index in [2.05, 4.69) is 41.6 Å². The fourth-order valence-electron chi connectivity index (χ4n) is 2.43. The van der Waals surface area contributed by atoms with Crippen LogP contribution >= 0.6 is 0 Å². The molecule has 0 aromatic carbocycles. The molecule has 3 rings (SSSR count). The van der Waals surface area contributed by atoms with E-state index in [9.17, 15) is 0 Å². The van der Waals surface area contributed by atoms with E-state index in [0.29, 0.717) is 5.92 Å². The van der Waals surface area contributed by atoms with E-state index in [4.69, 9.17) is 5.73 Å². The summed E-state index contributed by atoms with van der Waals surface area (Å²) in [5, 5.41) is 0. The number of fused-ring (bicyclic) bond motifs is 1. The van der Waals surface area contributed by atoms with E-state index in [1.807, 2.05) is 6.20 Å². The number of aryl methyl sites for hydroxylation is 1. The molecule has 1 aliphatic rings. The van der Waals surface area contributed by atoms with Gasteiger partial charge in [0.2, 0.25) is 0 Å². The Balaban J connectivity index is 2.21. The average molecular weight is 215 g/mol. The number of hydrogen-bond donors (Lipinski definition) is 1. The zero-order chi connectivity index (χ0) is 11.3. The molecule has 1 fully saturated rings. The van der Waals surface area contributed by atoms with Crippen molar-refractivity contribution in [3.8, 4) is 0 Å². The van der Waals surface area contributed by atoms with E-state index in [-0.39, 0.29) is 5.54 Å². The van der Waals surface area contributed by atoms with Gasteiger partial charge in [0.25, 0.3) is 0 Å². The van der Waals surface area contributed by atoms with Crippen LogP contribution in [0.3, 0.4) is 0 Å². The van der Waals surface area contributed by atoms with Crippen molar-refractivity contribution >= 4 is 5.52 Å². The van der Waals surface area contributed by atoms with Crippen LogP contribution in [-0.2, 0) is 5.54 Å². The van der Waals surface area contributed by atoms with Gasteiger partial charge in [0, 0.05) is 6.20 Å². The second-order valence-electron chi connectivity index (χ2n) is 5.09. The molecule has 2 aromatic rings. The molecule has 2 heterocycles. The van der Waals surface area contributed by atoms with Crippen LogP contribution in [0.5, 0.6) is 0 Å².